The molecular formula is C31H28BrF2N5O3. The van der Waals surface area contributed by atoms with E-state index < -0.39 is 34.5 Å². The highest BCUT2D eigenvalue weighted by atomic mass is 79.9. The molecule has 1 saturated carbocycles. The molecule has 2 aromatic carbocycles. The Bertz CT molecular complexity index is 1640. The van der Waals surface area contributed by atoms with Crippen LogP contribution in [0.3, 0.4) is 0 Å². The number of hydrogen-bond acceptors (Lipinski definition) is 5. The van der Waals surface area contributed by atoms with E-state index in [4.69, 9.17) is 0 Å². The first-order valence-corrected chi connectivity index (χ1v) is 14.9. The summed E-state index contributed by atoms with van der Waals surface area (Å²) in [5.41, 5.74) is 2.21. The molecule has 3 heterocycles. The second-order valence-corrected chi connectivity index (χ2v) is 12.5. The molecule has 1 aromatic heterocycles. The van der Waals surface area contributed by atoms with E-state index in [1.807, 2.05) is 24.3 Å². The number of aromatic nitrogens is 1. The summed E-state index contributed by atoms with van der Waals surface area (Å²) in [6.07, 6.45) is 5.76. The van der Waals surface area contributed by atoms with Gasteiger partial charge in [0.1, 0.15) is 24.0 Å². The van der Waals surface area contributed by atoms with Gasteiger partial charge in [0.2, 0.25) is 17.7 Å². The summed E-state index contributed by atoms with van der Waals surface area (Å²) in [7, 11) is 0. The smallest absolute Gasteiger partial charge is 0.244 e. The Labute approximate surface area is 249 Å². The van der Waals surface area contributed by atoms with Crippen molar-refractivity contribution < 1.29 is 23.2 Å². The van der Waals surface area contributed by atoms with Gasteiger partial charge in [-0.3, -0.25) is 14.4 Å². The van der Waals surface area contributed by atoms with Crippen LogP contribution in [0.4, 0.5) is 20.3 Å². The van der Waals surface area contributed by atoms with Gasteiger partial charge in [-0.15, -0.1) is 0 Å². The van der Waals surface area contributed by atoms with E-state index in [0.29, 0.717) is 37.2 Å². The SMILES string of the molecule is O=C(CN1C(=O)C2(CCCC2)NC[C@H]1c1cc(F)c(Br)c(F)c1)Nc1ccc2c(c1)C[C@@]1(C2)C(=O)Nc2ncccc21. The van der Waals surface area contributed by atoms with Gasteiger partial charge in [-0.25, -0.2) is 13.8 Å². The van der Waals surface area contributed by atoms with Crippen LogP contribution in [-0.2, 0) is 32.6 Å². The first-order chi connectivity index (χ1) is 20.2. The molecule has 7 rings (SSSR count). The van der Waals surface area contributed by atoms with E-state index in [1.54, 1.807) is 12.3 Å². The molecule has 3 N–H and O–H groups in total. The summed E-state index contributed by atoms with van der Waals surface area (Å²) in [6.45, 7) is 0.00750. The Balaban J connectivity index is 1.13. The molecule has 2 aliphatic carbocycles. The maximum atomic E-state index is 14.5. The number of carbonyl (C=O) groups excluding carboxylic acids is 3. The number of nitrogens with one attached hydrogen (secondary N) is 3. The van der Waals surface area contributed by atoms with Crippen molar-refractivity contribution in [1.29, 1.82) is 0 Å². The maximum absolute atomic E-state index is 14.5. The largest absolute Gasteiger partial charge is 0.325 e. The first-order valence-electron chi connectivity index (χ1n) is 14.1. The van der Waals surface area contributed by atoms with Gasteiger partial charge in [-0.2, -0.15) is 0 Å². The predicted octanol–water partition coefficient (Wildman–Crippen LogP) is 4.54. The number of benzene rings is 2. The van der Waals surface area contributed by atoms with E-state index in [9.17, 15) is 23.2 Å². The van der Waals surface area contributed by atoms with Crippen LogP contribution >= 0.6 is 15.9 Å². The lowest BCUT2D eigenvalue weighted by Crippen LogP contribution is -2.64. The van der Waals surface area contributed by atoms with Gasteiger partial charge in [0.25, 0.3) is 0 Å². The summed E-state index contributed by atoms with van der Waals surface area (Å²) in [5.74, 6) is -1.68. The molecule has 2 fully saturated rings. The van der Waals surface area contributed by atoms with Gasteiger partial charge in [0, 0.05) is 24.0 Å². The van der Waals surface area contributed by atoms with Crippen LogP contribution in [-0.4, -0.2) is 46.2 Å². The van der Waals surface area contributed by atoms with Crippen molar-refractivity contribution in [2.75, 3.05) is 23.7 Å². The van der Waals surface area contributed by atoms with Gasteiger partial charge in [-0.05, 0) is 88.6 Å². The van der Waals surface area contributed by atoms with E-state index in [2.05, 4.69) is 36.9 Å². The second kappa shape index (κ2) is 9.95. The van der Waals surface area contributed by atoms with Crippen molar-refractivity contribution in [3.63, 3.8) is 0 Å². The average Bonchev–Trinajstić information content (AvgIpc) is 3.67. The van der Waals surface area contributed by atoms with Crippen molar-refractivity contribution in [3.05, 3.63) is 87.0 Å². The Morgan fingerprint density at radius 2 is 1.81 bits per heavy atom. The number of carbonyl (C=O) groups is 3. The minimum Gasteiger partial charge on any atom is -0.325 e. The van der Waals surface area contributed by atoms with Crippen LogP contribution in [0.1, 0.15) is 54.0 Å². The normalized spacial score (nSPS) is 23.8. The number of rotatable bonds is 4. The summed E-state index contributed by atoms with van der Waals surface area (Å²) in [5, 5.41) is 9.15. The van der Waals surface area contributed by atoms with Gasteiger partial charge < -0.3 is 20.9 Å². The summed E-state index contributed by atoms with van der Waals surface area (Å²) in [6, 6.07) is 11.0. The van der Waals surface area contributed by atoms with E-state index in [1.165, 1.54) is 17.0 Å². The highest BCUT2D eigenvalue weighted by Crippen LogP contribution is 2.47. The zero-order chi connectivity index (χ0) is 29.2. The van der Waals surface area contributed by atoms with Crippen LogP contribution in [0, 0.1) is 11.6 Å². The fourth-order valence-corrected chi connectivity index (χ4v) is 7.44. The first kappa shape index (κ1) is 27.2. The van der Waals surface area contributed by atoms with Crippen molar-refractivity contribution in [2.24, 2.45) is 0 Å². The Kier molecular flexibility index (Phi) is 6.43. The van der Waals surface area contributed by atoms with Crippen molar-refractivity contribution in [2.45, 2.75) is 55.5 Å². The van der Waals surface area contributed by atoms with Crippen molar-refractivity contribution in [1.82, 2.24) is 15.2 Å². The van der Waals surface area contributed by atoms with E-state index >= 15 is 0 Å². The lowest BCUT2D eigenvalue weighted by molar-refractivity contribution is -0.147. The molecule has 2 aliphatic heterocycles. The summed E-state index contributed by atoms with van der Waals surface area (Å²) in [4.78, 5) is 46.0. The number of fused-ring (bicyclic) bond motifs is 3. The molecule has 0 unspecified atom stereocenters. The lowest BCUT2D eigenvalue weighted by Gasteiger charge is -2.45. The number of piperazine rings is 1. The molecule has 42 heavy (non-hydrogen) atoms. The van der Waals surface area contributed by atoms with Gasteiger partial charge >= 0.3 is 0 Å². The third kappa shape index (κ3) is 4.24. The highest BCUT2D eigenvalue weighted by molar-refractivity contribution is 9.10. The Morgan fingerprint density at radius 3 is 2.57 bits per heavy atom. The molecule has 0 bridgehead atoms. The predicted molar refractivity (Wildman–Crippen MR) is 155 cm³/mol. The van der Waals surface area contributed by atoms with Gasteiger partial charge in [0.15, 0.2) is 0 Å². The number of pyridine rings is 1. The fraction of sp³-hybridized carbons (Fsp3) is 0.355. The van der Waals surface area contributed by atoms with Crippen LogP contribution in [0.5, 0.6) is 0 Å². The Hall–Kier alpha value is -3.70. The van der Waals surface area contributed by atoms with Crippen molar-refractivity contribution >= 4 is 45.2 Å². The molecule has 3 aromatic rings. The number of nitrogens with zero attached hydrogens (tertiary/aromatic N) is 2. The quantitative estimate of drug-likeness (QED) is 0.366. The standard InChI is InChI=1S/C31H28BrF2N5O3/c32-26-22(33)11-18(12-23(26)34)24-15-36-31(7-1-2-8-31)29(42)39(24)16-25(40)37-20-6-5-17-13-30(14-19(17)10-20)21-4-3-9-35-27(21)38-28(30)41/h3-6,9-12,24,36H,1-2,7-8,13-16H2,(H,37,40)(H,35,38,41)/t24-,30+/m0/s1. The zero-order valence-electron chi connectivity index (χ0n) is 22.6. The molecule has 2 atom stereocenters. The Morgan fingerprint density at radius 1 is 1.07 bits per heavy atom. The second-order valence-electron chi connectivity index (χ2n) is 11.7. The fourth-order valence-electron chi connectivity index (χ4n) is 7.21. The number of halogens is 3. The number of amides is 3. The van der Waals surface area contributed by atoms with Crippen LogP contribution in [0.15, 0.2) is 53.1 Å². The highest BCUT2D eigenvalue weighted by Gasteiger charge is 2.51. The number of hydrogen-bond donors (Lipinski definition) is 3. The topological polar surface area (TPSA) is 103 Å². The van der Waals surface area contributed by atoms with E-state index in [0.717, 1.165) is 29.5 Å². The summed E-state index contributed by atoms with van der Waals surface area (Å²) < 4.78 is 28.7. The van der Waals surface area contributed by atoms with Crippen LogP contribution in [0.25, 0.3) is 0 Å². The van der Waals surface area contributed by atoms with Crippen LogP contribution < -0.4 is 16.0 Å². The molecule has 1 saturated heterocycles. The molecule has 11 heteroatoms. The average molecular weight is 636 g/mol. The third-order valence-corrected chi connectivity index (χ3v) is 10.1. The van der Waals surface area contributed by atoms with Gasteiger partial charge in [-0.1, -0.05) is 25.0 Å². The molecule has 8 nitrogen and oxygen atoms in total. The lowest BCUT2D eigenvalue weighted by atomic mass is 9.79. The minimum atomic E-state index is -0.770. The van der Waals surface area contributed by atoms with Crippen LogP contribution in [0.2, 0.25) is 0 Å². The van der Waals surface area contributed by atoms with Gasteiger partial charge in [0.05, 0.1) is 21.5 Å². The molecular weight excluding hydrogens is 608 g/mol. The molecule has 2 spiro atoms. The summed E-state index contributed by atoms with van der Waals surface area (Å²) >= 11 is 2.91. The monoisotopic (exact) mass is 635 g/mol. The molecule has 3 amide bonds. The third-order valence-electron chi connectivity index (χ3n) is 9.31. The van der Waals surface area contributed by atoms with E-state index in [-0.39, 0.29) is 34.9 Å². The molecule has 216 valence electrons. The molecule has 0 radical (unpaired) electrons. The van der Waals surface area contributed by atoms with Crippen molar-refractivity contribution in [3.8, 4) is 0 Å². The number of anilines is 2. The minimum absolute atomic E-state index is 0.0806. The zero-order valence-corrected chi connectivity index (χ0v) is 24.2. The maximum Gasteiger partial charge on any atom is 0.244 e. The molecule has 4 aliphatic rings.